The van der Waals surface area contributed by atoms with Crippen LogP contribution < -0.4 is 0 Å². The van der Waals surface area contributed by atoms with E-state index in [9.17, 15) is 0 Å². The van der Waals surface area contributed by atoms with Crippen molar-refractivity contribution >= 4 is 76.8 Å². The first kappa shape index (κ1) is 36.3. The van der Waals surface area contributed by atoms with Gasteiger partial charge in [0, 0.05) is 33.5 Å². The fraction of sp³-hybridized carbons (Fsp3) is 0.0333. The summed E-state index contributed by atoms with van der Waals surface area (Å²) in [5, 5.41) is 9.33. The Balaban J connectivity index is 0.973. The number of fused-ring (bicyclic) bond motifs is 8. The van der Waals surface area contributed by atoms with Gasteiger partial charge in [0.15, 0.2) is 11.4 Å². The van der Waals surface area contributed by atoms with Crippen LogP contribution in [-0.2, 0) is 0 Å². The molecule has 10 aromatic carbocycles. The van der Waals surface area contributed by atoms with Crippen molar-refractivity contribution in [2.45, 2.75) is 12.5 Å². The summed E-state index contributed by atoms with van der Waals surface area (Å²) in [6.07, 6.45) is 0.668. The Labute approximate surface area is 369 Å². The van der Waals surface area contributed by atoms with E-state index in [0.29, 0.717) is 6.42 Å². The summed E-state index contributed by atoms with van der Waals surface area (Å²) < 4.78 is 9.49. The minimum absolute atomic E-state index is 0.164. The topological polar surface area (TPSA) is 42.8 Å². The molecule has 13 rings (SSSR count). The molecule has 4 nitrogen and oxygen atoms in total. The number of aromatic nitrogens is 1. The zero-order chi connectivity index (χ0) is 42.1. The van der Waals surface area contributed by atoms with E-state index in [0.717, 1.165) is 66.9 Å². The fourth-order valence-corrected chi connectivity index (χ4v) is 9.87. The van der Waals surface area contributed by atoms with Gasteiger partial charge in [0.2, 0.25) is 0 Å². The van der Waals surface area contributed by atoms with Crippen LogP contribution >= 0.6 is 0 Å². The predicted octanol–water partition coefficient (Wildman–Crippen LogP) is 15.7. The molecule has 0 aliphatic carbocycles. The van der Waals surface area contributed by atoms with Crippen molar-refractivity contribution in [1.82, 2.24) is 4.57 Å². The van der Waals surface area contributed by atoms with Gasteiger partial charge in [0.1, 0.15) is 5.58 Å². The molecule has 64 heavy (non-hydrogen) atoms. The molecule has 0 saturated heterocycles. The Morgan fingerprint density at radius 3 is 1.62 bits per heavy atom. The SMILES string of the molecule is c1ccc(-c2ccc3c4ccc(-c5ccccc5)cc4n(-c4cccc5c4oc4cc(C6CC(c7ccc8ccccc8c7)=NC(c7ccc8ccccc8c7)=N6)ccc45)c3c2)cc1. The second-order valence-corrected chi connectivity index (χ2v) is 16.9. The molecule has 0 N–H and O–H groups in total. The number of hydrogen-bond acceptors (Lipinski definition) is 3. The van der Waals surface area contributed by atoms with Gasteiger partial charge in [-0.3, -0.25) is 4.99 Å². The van der Waals surface area contributed by atoms with Gasteiger partial charge in [-0.1, -0.05) is 182 Å². The Hall–Kier alpha value is -8.34. The van der Waals surface area contributed by atoms with Crippen molar-refractivity contribution in [3.63, 3.8) is 0 Å². The number of hydrogen-bond donors (Lipinski definition) is 0. The van der Waals surface area contributed by atoms with E-state index in [2.05, 4.69) is 223 Å². The lowest BCUT2D eigenvalue weighted by molar-refractivity contribution is 0.663. The van der Waals surface area contributed by atoms with Crippen molar-refractivity contribution in [2.24, 2.45) is 9.98 Å². The number of amidine groups is 1. The maximum atomic E-state index is 7.09. The molecule has 12 aromatic rings. The lowest BCUT2D eigenvalue weighted by Gasteiger charge is -2.22. The Kier molecular flexibility index (Phi) is 8.31. The summed E-state index contributed by atoms with van der Waals surface area (Å²) in [5.74, 6) is 0.744. The monoisotopic (exact) mass is 817 g/mol. The van der Waals surface area contributed by atoms with Crippen LogP contribution in [0.1, 0.15) is 29.2 Å². The van der Waals surface area contributed by atoms with Crippen molar-refractivity contribution < 1.29 is 4.42 Å². The standard InChI is InChI=1S/C60H39N3O/c1-3-12-38(13-4-1)44-26-29-49-50-30-27-45(39-14-5-2-6-15-39)35-57(50)63(56(49)34-44)55-21-11-20-52-51-31-28-47(36-58(51)64-59(52)55)54-37-53(46-24-22-40-16-7-9-18-42(40)32-46)61-60(62-54)48-25-23-41-17-8-10-19-43(41)33-48/h1-36,54H,37H2. The summed E-state index contributed by atoms with van der Waals surface area (Å²) in [6, 6.07) is 78.2. The Morgan fingerprint density at radius 1 is 0.406 bits per heavy atom. The molecule has 1 atom stereocenters. The fourth-order valence-electron chi connectivity index (χ4n) is 9.87. The molecule has 2 aromatic heterocycles. The number of nitrogens with zero attached hydrogens (tertiary/aromatic N) is 3. The first-order valence-electron chi connectivity index (χ1n) is 22.0. The first-order chi connectivity index (χ1) is 31.7. The highest BCUT2D eigenvalue weighted by Gasteiger charge is 2.25. The number of furan rings is 1. The molecule has 3 heterocycles. The van der Waals surface area contributed by atoms with Crippen LogP contribution in [0.3, 0.4) is 0 Å². The third-order valence-corrected chi connectivity index (χ3v) is 13.1. The normalized spacial score (nSPS) is 14.2. The summed E-state index contributed by atoms with van der Waals surface area (Å²) in [6.45, 7) is 0. The predicted molar refractivity (Wildman–Crippen MR) is 267 cm³/mol. The third-order valence-electron chi connectivity index (χ3n) is 13.1. The van der Waals surface area contributed by atoms with E-state index in [1.165, 1.54) is 54.6 Å². The van der Waals surface area contributed by atoms with Crippen molar-refractivity contribution in [3.8, 4) is 27.9 Å². The molecule has 1 aliphatic heterocycles. The van der Waals surface area contributed by atoms with Crippen LogP contribution in [0.4, 0.5) is 0 Å². The highest BCUT2D eigenvalue weighted by atomic mass is 16.3. The van der Waals surface area contributed by atoms with E-state index in [-0.39, 0.29) is 6.04 Å². The van der Waals surface area contributed by atoms with Crippen LogP contribution in [0.2, 0.25) is 0 Å². The van der Waals surface area contributed by atoms with Crippen LogP contribution in [0, 0.1) is 0 Å². The number of para-hydroxylation sites is 1. The lowest BCUT2D eigenvalue weighted by Crippen LogP contribution is -2.17. The maximum Gasteiger partial charge on any atom is 0.159 e. The van der Waals surface area contributed by atoms with Gasteiger partial charge in [0.25, 0.3) is 0 Å². The molecule has 0 fully saturated rings. The molecular formula is C60H39N3O. The summed E-state index contributed by atoms with van der Waals surface area (Å²) in [5.41, 5.74) is 13.9. The second-order valence-electron chi connectivity index (χ2n) is 16.9. The Bertz CT molecular complexity index is 3780. The molecule has 1 unspecified atom stereocenters. The third kappa shape index (κ3) is 6.06. The highest BCUT2D eigenvalue weighted by Crippen LogP contribution is 2.42. The van der Waals surface area contributed by atoms with Crippen LogP contribution in [0.25, 0.3) is 93.2 Å². The van der Waals surface area contributed by atoms with Gasteiger partial charge in [-0.05, 0) is 91.3 Å². The molecular weight excluding hydrogens is 779 g/mol. The summed E-state index contributed by atoms with van der Waals surface area (Å²) >= 11 is 0. The largest absolute Gasteiger partial charge is 0.454 e. The molecule has 300 valence electrons. The lowest BCUT2D eigenvalue weighted by atomic mass is 9.94. The number of benzene rings is 10. The van der Waals surface area contributed by atoms with Gasteiger partial charge in [0.05, 0.1) is 28.5 Å². The van der Waals surface area contributed by atoms with E-state index in [1.807, 2.05) is 0 Å². The molecule has 1 aliphatic rings. The molecule has 0 spiro atoms. The zero-order valence-corrected chi connectivity index (χ0v) is 34.8. The van der Waals surface area contributed by atoms with E-state index in [4.69, 9.17) is 14.4 Å². The Morgan fingerprint density at radius 2 is 0.969 bits per heavy atom. The average molecular weight is 818 g/mol. The summed E-state index contributed by atoms with van der Waals surface area (Å²) in [4.78, 5) is 10.7. The number of aliphatic imine (C=N–C) groups is 2. The van der Waals surface area contributed by atoms with Crippen LogP contribution in [-0.4, -0.2) is 16.1 Å². The maximum absolute atomic E-state index is 7.09. The smallest absolute Gasteiger partial charge is 0.159 e. The molecule has 0 amide bonds. The second kappa shape index (κ2) is 14.6. The van der Waals surface area contributed by atoms with Gasteiger partial charge in [-0.25, -0.2) is 4.99 Å². The van der Waals surface area contributed by atoms with Crippen LogP contribution in [0.5, 0.6) is 0 Å². The average Bonchev–Trinajstić information content (AvgIpc) is 3.91. The van der Waals surface area contributed by atoms with Crippen molar-refractivity contribution in [3.05, 3.63) is 235 Å². The minimum Gasteiger partial charge on any atom is -0.454 e. The van der Waals surface area contributed by atoms with Crippen molar-refractivity contribution in [2.75, 3.05) is 0 Å². The van der Waals surface area contributed by atoms with Gasteiger partial charge in [-0.2, -0.15) is 0 Å². The molecule has 0 radical (unpaired) electrons. The van der Waals surface area contributed by atoms with Crippen LogP contribution in [0.15, 0.2) is 233 Å². The molecule has 4 heteroatoms. The quantitative estimate of drug-likeness (QED) is 0.165. The van der Waals surface area contributed by atoms with Crippen molar-refractivity contribution in [1.29, 1.82) is 0 Å². The highest BCUT2D eigenvalue weighted by molar-refractivity contribution is 6.16. The summed E-state index contributed by atoms with van der Waals surface area (Å²) in [7, 11) is 0. The molecule has 0 saturated carbocycles. The van der Waals surface area contributed by atoms with Gasteiger partial charge in [-0.15, -0.1) is 0 Å². The number of rotatable bonds is 6. The van der Waals surface area contributed by atoms with Gasteiger partial charge < -0.3 is 8.98 Å². The minimum atomic E-state index is -0.164. The van der Waals surface area contributed by atoms with E-state index >= 15 is 0 Å². The van der Waals surface area contributed by atoms with Gasteiger partial charge >= 0.3 is 0 Å². The van der Waals surface area contributed by atoms with E-state index in [1.54, 1.807) is 0 Å². The molecule has 0 bridgehead atoms. The van der Waals surface area contributed by atoms with E-state index < -0.39 is 0 Å². The zero-order valence-electron chi connectivity index (χ0n) is 34.8. The first-order valence-corrected chi connectivity index (χ1v) is 22.0.